The molecule has 0 amide bonds. The molecule has 0 unspecified atom stereocenters. The van der Waals surface area contributed by atoms with Gasteiger partial charge in [-0.05, 0) is 23.2 Å². The van der Waals surface area contributed by atoms with E-state index in [9.17, 15) is 4.39 Å². The zero-order valence-corrected chi connectivity index (χ0v) is 12.5. The molecule has 0 spiro atoms. The normalized spacial score (nSPS) is 14.4. The lowest BCUT2D eigenvalue weighted by atomic mass is 10.0. The van der Waals surface area contributed by atoms with Crippen molar-refractivity contribution in [1.82, 2.24) is 15.5 Å². The summed E-state index contributed by atoms with van der Waals surface area (Å²) in [4.78, 5) is 4.98. The van der Waals surface area contributed by atoms with Gasteiger partial charge in [0.15, 0.2) is 5.82 Å². The Morgan fingerprint density at radius 2 is 2.00 bits per heavy atom. The summed E-state index contributed by atoms with van der Waals surface area (Å²) in [6.45, 7) is 3.53. The fraction of sp³-hybridized carbons (Fsp3) is 0.333. The second kappa shape index (κ2) is 7.04. The molecule has 1 aliphatic rings. The Bertz CT molecular complexity index is 719. The molecule has 1 N–H and O–H groups in total. The second-order valence-corrected chi connectivity index (χ2v) is 5.19. The SMILES string of the molecule is [N-]=[N+]=NCc1c(-c2ccc(F)cc2)cnnc1N1CCNCC1. The van der Waals surface area contributed by atoms with Crippen LogP contribution in [0.3, 0.4) is 0 Å². The van der Waals surface area contributed by atoms with Crippen LogP contribution >= 0.6 is 0 Å². The van der Waals surface area contributed by atoms with Crippen LogP contribution in [0.1, 0.15) is 5.56 Å². The minimum absolute atomic E-state index is 0.179. The number of piperazine rings is 1. The maximum atomic E-state index is 13.2. The van der Waals surface area contributed by atoms with Gasteiger partial charge in [0, 0.05) is 42.2 Å². The quantitative estimate of drug-likeness (QED) is 0.533. The summed E-state index contributed by atoms with van der Waals surface area (Å²) in [7, 11) is 0. The summed E-state index contributed by atoms with van der Waals surface area (Å²) in [6, 6.07) is 6.18. The van der Waals surface area contributed by atoms with Gasteiger partial charge in [0.05, 0.1) is 12.7 Å². The van der Waals surface area contributed by atoms with Crippen LogP contribution in [0.4, 0.5) is 10.2 Å². The minimum atomic E-state index is -0.297. The average Bonchev–Trinajstić information content (AvgIpc) is 2.61. The number of nitrogens with one attached hydrogen (secondary N) is 1. The smallest absolute Gasteiger partial charge is 0.155 e. The van der Waals surface area contributed by atoms with E-state index in [1.165, 1.54) is 12.1 Å². The van der Waals surface area contributed by atoms with E-state index in [0.717, 1.165) is 48.7 Å². The van der Waals surface area contributed by atoms with Crippen molar-refractivity contribution in [3.8, 4) is 11.1 Å². The molecule has 2 heterocycles. The number of halogens is 1. The van der Waals surface area contributed by atoms with Gasteiger partial charge >= 0.3 is 0 Å². The zero-order valence-electron chi connectivity index (χ0n) is 12.5. The fourth-order valence-corrected chi connectivity index (χ4v) is 2.67. The van der Waals surface area contributed by atoms with Crippen LogP contribution in [0.15, 0.2) is 35.6 Å². The Kier molecular flexibility index (Phi) is 4.65. The lowest BCUT2D eigenvalue weighted by Crippen LogP contribution is -2.44. The van der Waals surface area contributed by atoms with E-state index in [1.54, 1.807) is 18.3 Å². The topological polar surface area (TPSA) is 89.8 Å². The second-order valence-electron chi connectivity index (χ2n) is 5.19. The van der Waals surface area contributed by atoms with Crippen molar-refractivity contribution < 1.29 is 4.39 Å². The molecule has 0 atom stereocenters. The lowest BCUT2D eigenvalue weighted by Gasteiger charge is -2.30. The van der Waals surface area contributed by atoms with Gasteiger partial charge in [-0.3, -0.25) is 0 Å². The van der Waals surface area contributed by atoms with E-state index in [1.807, 2.05) is 0 Å². The van der Waals surface area contributed by atoms with Gasteiger partial charge in [0.2, 0.25) is 0 Å². The molecule has 0 bridgehead atoms. The molecule has 118 valence electrons. The molecular formula is C15H16FN7. The molecule has 2 aromatic rings. The third kappa shape index (κ3) is 3.39. The molecule has 1 aliphatic heterocycles. The number of hydrogen-bond acceptors (Lipinski definition) is 5. The zero-order chi connectivity index (χ0) is 16.1. The third-order valence-electron chi connectivity index (χ3n) is 3.80. The van der Waals surface area contributed by atoms with Crippen LogP contribution in [-0.4, -0.2) is 36.4 Å². The highest BCUT2D eigenvalue weighted by molar-refractivity contribution is 5.71. The standard InChI is InChI=1S/C15H16FN7/c16-12-3-1-11(2-4-12)13-9-19-21-15(14(13)10-20-22-17)23-7-5-18-6-8-23/h1-4,9,18H,5-8,10H2. The first kappa shape index (κ1) is 15.2. The summed E-state index contributed by atoms with van der Waals surface area (Å²) in [6.07, 6.45) is 1.63. The van der Waals surface area contributed by atoms with E-state index in [2.05, 4.69) is 30.4 Å². The fourth-order valence-electron chi connectivity index (χ4n) is 2.67. The molecule has 1 saturated heterocycles. The largest absolute Gasteiger partial charge is 0.352 e. The number of benzene rings is 1. The number of azide groups is 1. The van der Waals surface area contributed by atoms with Crippen LogP contribution in [0.2, 0.25) is 0 Å². The van der Waals surface area contributed by atoms with E-state index in [0.29, 0.717) is 0 Å². The predicted molar refractivity (Wildman–Crippen MR) is 85.4 cm³/mol. The Morgan fingerprint density at radius 1 is 1.26 bits per heavy atom. The highest BCUT2D eigenvalue weighted by Crippen LogP contribution is 2.30. The van der Waals surface area contributed by atoms with Crippen molar-refractivity contribution in [2.75, 3.05) is 31.1 Å². The molecule has 23 heavy (non-hydrogen) atoms. The summed E-state index contributed by atoms with van der Waals surface area (Å²) in [5.74, 6) is 0.426. The summed E-state index contributed by atoms with van der Waals surface area (Å²) < 4.78 is 13.2. The van der Waals surface area contributed by atoms with Crippen molar-refractivity contribution in [2.45, 2.75) is 6.54 Å². The van der Waals surface area contributed by atoms with Crippen molar-refractivity contribution >= 4 is 5.82 Å². The first-order valence-electron chi connectivity index (χ1n) is 7.36. The number of rotatable bonds is 4. The first-order chi connectivity index (χ1) is 11.3. The van der Waals surface area contributed by atoms with E-state index in [4.69, 9.17) is 5.53 Å². The molecule has 7 nitrogen and oxygen atoms in total. The van der Waals surface area contributed by atoms with Crippen LogP contribution < -0.4 is 10.2 Å². The van der Waals surface area contributed by atoms with Gasteiger partial charge in [0.1, 0.15) is 5.82 Å². The van der Waals surface area contributed by atoms with Crippen LogP contribution in [0.5, 0.6) is 0 Å². The third-order valence-corrected chi connectivity index (χ3v) is 3.80. The molecule has 0 saturated carbocycles. The van der Waals surface area contributed by atoms with Gasteiger partial charge in [-0.15, -0.1) is 5.10 Å². The van der Waals surface area contributed by atoms with E-state index >= 15 is 0 Å². The Morgan fingerprint density at radius 3 is 2.70 bits per heavy atom. The molecule has 1 aromatic heterocycles. The number of aromatic nitrogens is 2. The average molecular weight is 313 g/mol. The Hall–Kier alpha value is -2.70. The maximum Gasteiger partial charge on any atom is 0.155 e. The molecule has 1 aromatic carbocycles. The van der Waals surface area contributed by atoms with Crippen LogP contribution in [-0.2, 0) is 6.54 Å². The van der Waals surface area contributed by atoms with Gasteiger partial charge in [-0.25, -0.2) is 4.39 Å². The first-order valence-corrected chi connectivity index (χ1v) is 7.36. The predicted octanol–water partition coefficient (Wildman–Crippen LogP) is 2.50. The Labute approximate surface area is 132 Å². The Balaban J connectivity index is 2.07. The van der Waals surface area contributed by atoms with E-state index < -0.39 is 0 Å². The van der Waals surface area contributed by atoms with E-state index in [-0.39, 0.29) is 12.4 Å². The van der Waals surface area contributed by atoms with Crippen LogP contribution in [0, 0.1) is 5.82 Å². The monoisotopic (exact) mass is 313 g/mol. The number of nitrogens with zero attached hydrogens (tertiary/aromatic N) is 6. The molecule has 1 fully saturated rings. The number of anilines is 1. The molecular weight excluding hydrogens is 297 g/mol. The van der Waals surface area contributed by atoms with Crippen molar-refractivity contribution in [2.24, 2.45) is 5.11 Å². The van der Waals surface area contributed by atoms with Gasteiger partial charge in [-0.2, -0.15) is 5.10 Å². The van der Waals surface area contributed by atoms with Crippen molar-refractivity contribution in [3.05, 3.63) is 52.3 Å². The van der Waals surface area contributed by atoms with Crippen molar-refractivity contribution in [1.29, 1.82) is 0 Å². The number of hydrogen-bond donors (Lipinski definition) is 1. The maximum absolute atomic E-state index is 13.2. The van der Waals surface area contributed by atoms with Crippen molar-refractivity contribution in [3.63, 3.8) is 0 Å². The molecule has 0 radical (unpaired) electrons. The van der Waals surface area contributed by atoms with Gasteiger partial charge < -0.3 is 10.2 Å². The lowest BCUT2D eigenvalue weighted by molar-refractivity contribution is 0.580. The molecule has 0 aliphatic carbocycles. The van der Waals surface area contributed by atoms with Gasteiger partial charge in [0.25, 0.3) is 0 Å². The summed E-state index contributed by atoms with van der Waals surface area (Å²) in [5.41, 5.74) is 11.1. The molecule has 3 rings (SSSR count). The van der Waals surface area contributed by atoms with Crippen LogP contribution in [0.25, 0.3) is 21.6 Å². The molecule has 8 heteroatoms. The van der Waals surface area contributed by atoms with Gasteiger partial charge in [-0.1, -0.05) is 17.2 Å². The highest BCUT2D eigenvalue weighted by Gasteiger charge is 2.19. The summed E-state index contributed by atoms with van der Waals surface area (Å²) in [5, 5.41) is 15.3. The minimum Gasteiger partial charge on any atom is -0.352 e. The summed E-state index contributed by atoms with van der Waals surface area (Å²) >= 11 is 0. The highest BCUT2D eigenvalue weighted by atomic mass is 19.1.